The second-order valence-corrected chi connectivity index (χ2v) is 3.93. The summed E-state index contributed by atoms with van der Waals surface area (Å²) in [6, 6.07) is 5.12. The molecule has 0 bridgehead atoms. The number of benzene rings is 1. The van der Waals surface area contributed by atoms with Gasteiger partial charge in [0.2, 0.25) is 0 Å². The van der Waals surface area contributed by atoms with Crippen LogP contribution in [0, 0.1) is 0 Å². The molecule has 1 aromatic rings. The Morgan fingerprint density at radius 1 is 1.53 bits per heavy atom. The van der Waals surface area contributed by atoms with Crippen LogP contribution in [0.5, 0.6) is 0 Å². The number of carbonyl (C=O) groups excluding carboxylic acids is 1. The quantitative estimate of drug-likeness (QED) is 0.480. The third kappa shape index (κ3) is 4.15. The van der Waals surface area contributed by atoms with E-state index in [0.717, 1.165) is 17.7 Å². The largest absolute Gasteiger partial charge is 0.462 e. The smallest absolute Gasteiger partial charge is 0.338 e. The van der Waals surface area contributed by atoms with Crippen LogP contribution < -0.4 is 5.73 Å². The Morgan fingerprint density at radius 3 is 2.94 bits per heavy atom. The van der Waals surface area contributed by atoms with Crippen molar-refractivity contribution in [3.8, 4) is 0 Å². The zero-order chi connectivity index (χ0) is 12.7. The molecule has 2 N–H and O–H groups in total. The summed E-state index contributed by atoms with van der Waals surface area (Å²) in [5.41, 5.74) is 7.82. The summed E-state index contributed by atoms with van der Waals surface area (Å²) in [5.74, 6) is 0.463. The molecule has 0 saturated heterocycles. The number of rotatable bonds is 5. The van der Waals surface area contributed by atoms with E-state index in [1.54, 1.807) is 25.1 Å². The first kappa shape index (κ1) is 13.6. The number of allylic oxidation sites excluding steroid dienone is 1. The van der Waals surface area contributed by atoms with Crippen LogP contribution in [-0.2, 0) is 4.74 Å². The van der Waals surface area contributed by atoms with Gasteiger partial charge in [-0.05, 0) is 42.9 Å². The molecule has 0 radical (unpaired) electrons. The minimum Gasteiger partial charge on any atom is -0.462 e. The van der Waals surface area contributed by atoms with Gasteiger partial charge >= 0.3 is 5.97 Å². The number of esters is 1. The highest BCUT2D eigenvalue weighted by atomic mass is 32.1. The fourth-order valence-corrected chi connectivity index (χ4v) is 1.49. The van der Waals surface area contributed by atoms with Crippen LogP contribution >= 0.6 is 12.6 Å². The van der Waals surface area contributed by atoms with Crippen LogP contribution in [0.25, 0.3) is 6.08 Å². The van der Waals surface area contributed by atoms with E-state index in [2.05, 4.69) is 12.6 Å². The first-order chi connectivity index (χ1) is 8.19. The number of ether oxygens (including phenoxy) is 1. The number of nitrogen functional groups attached to an aromatic ring is 1. The number of carbonyl (C=O) groups is 1. The van der Waals surface area contributed by atoms with Crippen molar-refractivity contribution in [3.63, 3.8) is 0 Å². The molecule has 1 aromatic carbocycles. The number of hydrogen-bond donors (Lipinski definition) is 2. The van der Waals surface area contributed by atoms with Crippen molar-refractivity contribution >= 4 is 30.4 Å². The Balaban J connectivity index is 2.90. The van der Waals surface area contributed by atoms with Gasteiger partial charge in [0.25, 0.3) is 0 Å². The normalized spacial score (nSPS) is 10.7. The summed E-state index contributed by atoms with van der Waals surface area (Å²) in [4.78, 5) is 11.5. The van der Waals surface area contributed by atoms with Crippen molar-refractivity contribution in [1.29, 1.82) is 0 Å². The van der Waals surface area contributed by atoms with Gasteiger partial charge in [-0.25, -0.2) is 4.79 Å². The molecule has 0 fully saturated rings. The first-order valence-corrected chi connectivity index (χ1v) is 6.16. The zero-order valence-corrected chi connectivity index (χ0v) is 10.7. The van der Waals surface area contributed by atoms with E-state index in [1.165, 1.54) is 0 Å². The summed E-state index contributed by atoms with van der Waals surface area (Å²) >= 11 is 4.12. The van der Waals surface area contributed by atoms with E-state index in [9.17, 15) is 4.79 Å². The first-order valence-electron chi connectivity index (χ1n) is 5.53. The Hall–Kier alpha value is -1.42. The molecule has 0 aliphatic carbocycles. The summed E-state index contributed by atoms with van der Waals surface area (Å²) < 4.78 is 4.93. The van der Waals surface area contributed by atoms with E-state index in [1.807, 2.05) is 12.2 Å². The Labute approximate surface area is 107 Å². The van der Waals surface area contributed by atoms with Crippen molar-refractivity contribution in [2.45, 2.75) is 13.3 Å². The second kappa shape index (κ2) is 7.01. The fourth-order valence-electron chi connectivity index (χ4n) is 1.35. The molecule has 0 aromatic heterocycles. The Bertz CT molecular complexity index is 416. The highest BCUT2D eigenvalue weighted by Gasteiger charge is 2.07. The SMILES string of the molecule is CCOC(=O)c1ccc(N)c(C=CCCS)c1. The van der Waals surface area contributed by atoms with Crippen LogP contribution in [0.1, 0.15) is 29.3 Å². The molecule has 17 heavy (non-hydrogen) atoms. The van der Waals surface area contributed by atoms with Crippen LogP contribution in [0.3, 0.4) is 0 Å². The van der Waals surface area contributed by atoms with Gasteiger partial charge in [0.1, 0.15) is 0 Å². The van der Waals surface area contributed by atoms with E-state index in [-0.39, 0.29) is 5.97 Å². The van der Waals surface area contributed by atoms with Crippen molar-refractivity contribution in [1.82, 2.24) is 0 Å². The molecule has 0 saturated carbocycles. The molecule has 1 rings (SSSR count). The van der Waals surface area contributed by atoms with E-state index in [4.69, 9.17) is 10.5 Å². The lowest BCUT2D eigenvalue weighted by Crippen LogP contribution is -2.05. The molecule has 4 heteroatoms. The maximum Gasteiger partial charge on any atom is 0.338 e. The average Bonchev–Trinajstić information content (AvgIpc) is 2.32. The molecule has 0 heterocycles. The monoisotopic (exact) mass is 251 g/mol. The van der Waals surface area contributed by atoms with Gasteiger partial charge in [-0.3, -0.25) is 0 Å². The van der Waals surface area contributed by atoms with Crippen molar-refractivity contribution in [2.24, 2.45) is 0 Å². The molecule has 3 nitrogen and oxygen atoms in total. The molecule has 0 atom stereocenters. The highest BCUT2D eigenvalue weighted by molar-refractivity contribution is 7.80. The molecule has 0 unspecified atom stereocenters. The van der Waals surface area contributed by atoms with Crippen molar-refractivity contribution in [3.05, 3.63) is 35.4 Å². The predicted octanol–water partition coefficient (Wildman–Crippen LogP) is 2.78. The standard InChI is InChI=1S/C13H17NO2S/c1-2-16-13(15)11-6-7-12(14)10(9-11)5-3-4-8-17/h3,5-7,9,17H,2,4,8,14H2,1H3. The highest BCUT2D eigenvalue weighted by Crippen LogP contribution is 2.17. The summed E-state index contributed by atoms with van der Waals surface area (Å²) in [6.07, 6.45) is 4.74. The van der Waals surface area contributed by atoms with E-state index < -0.39 is 0 Å². The Morgan fingerprint density at radius 2 is 2.29 bits per heavy atom. The third-order valence-electron chi connectivity index (χ3n) is 2.19. The summed E-state index contributed by atoms with van der Waals surface area (Å²) in [6.45, 7) is 2.15. The maximum absolute atomic E-state index is 11.5. The number of thiol groups is 1. The topological polar surface area (TPSA) is 52.3 Å². The molecule has 0 spiro atoms. The summed E-state index contributed by atoms with van der Waals surface area (Å²) in [5, 5.41) is 0. The number of hydrogen-bond acceptors (Lipinski definition) is 4. The maximum atomic E-state index is 11.5. The van der Waals surface area contributed by atoms with Gasteiger partial charge in [-0.1, -0.05) is 12.2 Å². The zero-order valence-electron chi connectivity index (χ0n) is 9.85. The van der Waals surface area contributed by atoms with Crippen LogP contribution in [0.15, 0.2) is 24.3 Å². The second-order valence-electron chi connectivity index (χ2n) is 3.48. The van der Waals surface area contributed by atoms with Crippen molar-refractivity contribution < 1.29 is 9.53 Å². The van der Waals surface area contributed by atoms with Crippen molar-refractivity contribution in [2.75, 3.05) is 18.1 Å². The minimum atomic E-state index is -0.323. The van der Waals surface area contributed by atoms with Crippen LogP contribution in [0.4, 0.5) is 5.69 Å². The van der Waals surface area contributed by atoms with Gasteiger partial charge in [0, 0.05) is 5.69 Å². The van der Waals surface area contributed by atoms with Gasteiger partial charge in [0.05, 0.1) is 12.2 Å². The Kier molecular flexibility index (Phi) is 5.63. The molecule has 0 aliphatic heterocycles. The lowest BCUT2D eigenvalue weighted by atomic mass is 10.1. The van der Waals surface area contributed by atoms with Gasteiger partial charge in [-0.15, -0.1) is 0 Å². The van der Waals surface area contributed by atoms with Crippen LogP contribution in [0.2, 0.25) is 0 Å². The molecular formula is C13H17NO2S. The lowest BCUT2D eigenvalue weighted by molar-refractivity contribution is 0.0526. The molecular weight excluding hydrogens is 234 g/mol. The fraction of sp³-hybridized carbons (Fsp3) is 0.308. The van der Waals surface area contributed by atoms with E-state index >= 15 is 0 Å². The van der Waals surface area contributed by atoms with Crippen LogP contribution in [-0.4, -0.2) is 18.3 Å². The lowest BCUT2D eigenvalue weighted by Gasteiger charge is -2.05. The molecule has 0 amide bonds. The average molecular weight is 251 g/mol. The minimum absolute atomic E-state index is 0.323. The number of nitrogens with two attached hydrogens (primary N) is 1. The van der Waals surface area contributed by atoms with Gasteiger partial charge in [0.15, 0.2) is 0 Å². The number of anilines is 1. The third-order valence-corrected chi connectivity index (χ3v) is 2.45. The van der Waals surface area contributed by atoms with E-state index in [0.29, 0.717) is 17.9 Å². The molecule has 92 valence electrons. The van der Waals surface area contributed by atoms with Gasteiger partial charge in [-0.2, -0.15) is 12.6 Å². The summed E-state index contributed by atoms with van der Waals surface area (Å²) in [7, 11) is 0. The van der Waals surface area contributed by atoms with Gasteiger partial charge < -0.3 is 10.5 Å². The predicted molar refractivity (Wildman–Crippen MR) is 74.3 cm³/mol. The molecule has 0 aliphatic rings.